The van der Waals surface area contributed by atoms with Crippen LogP contribution in [0.3, 0.4) is 0 Å². The molecule has 1 aromatic rings. The zero-order valence-electron chi connectivity index (χ0n) is 10.1. The van der Waals surface area contributed by atoms with E-state index < -0.39 is 11.7 Å². The summed E-state index contributed by atoms with van der Waals surface area (Å²) in [5.41, 5.74) is 5.17. The molecule has 2 N–H and O–H groups in total. The molecule has 5 heteroatoms. The predicted octanol–water partition coefficient (Wildman–Crippen LogP) is 2.95. The van der Waals surface area contributed by atoms with E-state index in [2.05, 4.69) is 0 Å². The summed E-state index contributed by atoms with van der Waals surface area (Å²) in [5.74, 6) is -0.170. The van der Waals surface area contributed by atoms with Gasteiger partial charge < -0.3 is 10.5 Å². The molecule has 0 radical (unpaired) electrons. The van der Waals surface area contributed by atoms with E-state index >= 15 is 0 Å². The van der Waals surface area contributed by atoms with Gasteiger partial charge in [0.1, 0.15) is 5.75 Å². The largest absolute Gasteiger partial charge is 0.496 e. The van der Waals surface area contributed by atoms with Crippen LogP contribution >= 0.6 is 0 Å². The van der Waals surface area contributed by atoms with Gasteiger partial charge in [0, 0.05) is 12.0 Å². The molecule has 0 atom stereocenters. The van der Waals surface area contributed by atoms with Crippen LogP contribution in [0.15, 0.2) is 18.2 Å². The predicted molar refractivity (Wildman–Crippen MR) is 60.1 cm³/mol. The quantitative estimate of drug-likeness (QED) is 0.891. The zero-order chi connectivity index (χ0) is 13.3. The molecule has 17 heavy (non-hydrogen) atoms. The smallest absolute Gasteiger partial charge is 0.419 e. The molecule has 0 aromatic heterocycles. The summed E-state index contributed by atoms with van der Waals surface area (Å²) in [6.45, 7) is 4.09. The fraction of sp³-hybridized carbons (Fsp3) is 0.500. The maximum atomic E-state index is 12.6. The van der Waals surface area contributed by atoms with E-state index in [1.54, 1.807) is 0 Å². The molecule has 0 aliphatic heterocycles. The molecule has 0 saturated heterocycles. The van der Waals surface area contributed by atoms with Gasteiger partial charge in [0.2, 0.25) is 0 Å². The number of hydrogen-bond donors (Lipinski definition) is 1. The average Bonchev–Trinajstić information content (AvgIpc) is 2.27. The molecular formula is C12H16F3NO. The Bertz CT molecular complexity index is 399. The van der Waals surface area contributed by atoms with Crippen LogP contribution in [-0.4, -0.2) is 13.7 Å². The highest BCUT2D eigenvalue weighted by Crippen LogP contribution is 2.38. The van der Waals surface area contributed by atoms with Crippen LogP contribution in [0.25, 0.3) is 0 Å². The summed E-state index contributed by atoms with van der Waals surface area (Å²) in [6, 6.07) is 3.87. The van der Waals surface area contributed by atoms with Gasteiger partial charge in [0.25, 0.3) is 0 Å². The van der Waals surface area contributed by atoms with Crippen molar-refractivity contribution in [2.75, 3.05) is 13.7 Å². The molecule has 0 unspecified atom stereocenters. The molecule has 0 heterocycles. The molecular weight excluding hydrogens is 231 g/mol. The van der Waals surface area contributed by atoms with E-state index in [1.165, 1.54) is 19.2 Å². The SMILES string of the molecule is COc1cc(C(C)(C)CN)ccc1C(F)(F)F. The first-order valence-corrected chi connectivity index (χ1v) is 5.18. The third-order valence-corrected chi connectivity index (χ3v) is 2.80. The second kappa shape index (κ2) is 4.56. The third kappa shape index (κ3) is 2.91. The Morgan fingerprint density at radius 2 is 1.82 bits per heavy atom. The van der Waals surface area contributed by atoms with Gasteiger partial charge >= 0.3 is 6.18 Å². The minimum absolute atomic E-state index is 0.170. The second-order valence-corrected chi connectivity index (χ2v) is 4.50. The van der Waals surface area contributed by atoms with E-state index in [-0.39, 0.29) is 11.2 Å². The molecule has 0 aliphatic carbocycles. The van der Waals surface area contributed by atoms with Crippen LogP contribution in [0.5, 0.6) is 5.75 Å². The van der Waals surface area contributed by atoms with Crippen molar-refractivity contribution in [2.24, 2.45) is 5.73 Å². The van der Waals surface area contributed by atoms with Gasteiger partial charge in [-0.1, -0.05) is 19.9 Å². The first-order valence-electron chi connectivity index (χ1n) is 5.18. The third-order valence-electron chi connectivity index (χ3n) is 2.80. The van der Waals surface area contributed by atoms with Crippen LogP contribution in [0.2, 0.25) is 0 Å². The molecule has 0 bridgehead atoms. The van der Waals surface area contributed by atoms with E-state index in [0.717, 1.165) is 11.6 Å². The highest BCUT2D eigenvalue weighted by Gasteiger charge is 2.35. The van der Waals surface area contributed by atoms with Crippen LogP contribution in [-0.2, 0) is 11.6 Å². The summed E-state index contributed by atoms with van der Waals surface area (Å²) < 4.78 is 42.7. The van der Waals surface area contributed by atoms with Gasteiger partial charge in [-0.3, -0.25) is 0 Å². The van der Waals surface area contributed by atoms with Crippen LogP contribution < -0.4 is 10.5 Å². The zero-order valence-corrected chi connectivity index (χ0v) is 10.1. The van der Waals surface area contributed by atoms with E-state index in [0.29, 0.717) is 6.54 Å². The minimum atomic E-state index is -4.41. The first-order chi connectivity index (χ1) is 7.72. The molecule has 0 spiro atoms. The average molecular weight is 247 g/mol. The lowest BCUT2D eigenvalue weighted by molar-refractivity contribution is -0.138. The summed E-state index contributed by atoms with van der Waals surface area (Å²) in [7, 11) is 1.23. The summed E-state index contributed by atoms with van der Waals surface area (Å²) in [5, 5.41) is 0. The number of benzene rings is 1. The maximum absolute atomic E-state index is 12.6. The highest BCUT2D eigenvalue weighted by molar-refractivity contribution is 5.42. The normalized spacial score (nSPS) is 12.6. The Kier molecular flexibility index (Phi) is 3.71. The van der Waals surface area contributed by atoms with Gasteiger partial charge in [-0.25, -0.2) is 0 Å². The molecule has 0 amide bonds. The second-order valence-electron chi connectivity index (χ2n) is 4.50. The molecule has 1 rings (SSSR count). The van der Waals surface area contributed by atoms with Crippen LogP contribution in [0, 0.1) is 0 Å². The topological polar surface area (TPSA) is 35.2 Å². The summed E-state index contributed by atoms with van der Waals surface area (Å²) >= 11 is 0. The Balaban J connectivity index is 3.27. The molecule has 2 nitrogen and oxygen atoms in total. The number of alkyl halides is 3. The Morgan fingerprint density at radius 1 is 1.24 bits per heavy atom. The number of halogens is 3. The van der Waals surface area contributed by atoms with Crippen molar-refractivity contribution in [3.05, 3.63) is 29.3 Å². The first kappa shape index (κ1) is 13.8. The number of ether oxygens (including phenoxy) is 1. The fourth-order valence-electron chi connectivity index (χ4n) is 1.46. The van der Waals surface area contributed by atoms with Gasteiger partial charge in [0.15, 0.2) is 0 Å². The number of methoxy groups -OCH3 is 1. The summed E-state index contributed by atoms with van der Waals surface area (Å²) in [6.07, 6.45) is -4.41. The van der Waals surface area contributed by atoms with Crippen molar-refractivity contribution >= 4 is 0 Å². The standard InChI is InChI=1S/C12H16F3NO/c1-11(2,7-16)8-4-5-9(12(13,14)15)10(6-8)17-3/h4-6H,7,16H2,1-3H3. The number of rotatable bonds is 3. The Morgan fingerprint density at radius 3 is 2.24 bits per heavy atom. The van der Waals surface area contributed by atoms with Crippen molar-refractivity contribution in [3.8, 4) is 5.75 Å². The van der Waals surface area contributed by atoms with Crippen molar-refractivity contribution in [1.29, 1.82) is 0 Å². The van der Waals surface area contributed by atoms with Gasteiger partial charge in [-0.15, -0.1) is 0 Å². The lowest BCUT2D eigenvalue weighted by Gasteiger charge is -2.24. The molecule has 96 valence electrons. The minimum Gasteiger partial charge on any atom is -0.496 e. The molecule has 0 fully saturated rings. The van der Waals surface area contributed by atoms with Gasteiger partial charge in [-0.2, -0.15) is 13.2 Å². The molecule has 0 saturated carbocycles. The van der Waals surface area contributed by atoms with Crippen molar-refractivity contribution in [1.82, 2.24) is 0 Å². The molecule has 0 aliphatic rings. The van der Waals surface area contributed by atoms with Crippen molar-refractivity contribution < 1.29 is 17.9 Å². The van der Waals surface area contributed by atoms with Crippen LogP contribution in [0.4, 0.5) is 13.2 Å². The maximum Gasteiger partial charge on any atom is 0.419 e. The monoisotopic (exact) mass is 247 g/mol. The lowest BCUT2D eigenvalue weighted by atomic mass is 9.84. The van der Waals surface area contributed by atoms with Gasteiger partial charge in [-0.05, 0) is 17.7 Å². The van der Waals surface area contributed by atoms with Crippen molar-refractivity contribution in [3.63, 3.8) is 0 Å². The fourth-order valence-corrected chi connectivity index (χ4v) is 1.46. The summed E-state index contributed by atoms with van der Waals surface area (Å²) in [4.78, 5) is 0. The van der Waals surface area contributed by atoms with E-state index in [1.807, 2.05) is 13.8 Å². The van der Waals surface area contributed by atoms with Crippen molar-refractivity contribution in [2.45, 2.75) is 25.4 Å². The number of hydrogen-bond acceptors (Lipinski definition) is 2. The van der Waals surface area contributed by atoms with Gasteiger partial charge in [0.05, 0.1) is 12.7 Å². The van der Waals surface area contributed by atoms with E-state index in [4.69, 9.17) is 10.5 Å². The number of nitrogens with two attached hydrogens (primary N) is 1. The Labute approximate surface area is 98.6 Å². The highest BCUT2D eigenvalue weighted by atomic mass is 19.4. The Hall–Kier alpha value is -1.23. The van der Waals surface area contributed by atoms with Crippen LogP contribution in [0.1, 0.15) is 25.0 Å². The lowest BCUT2D eigenvalue weighted by Crippen LogP contribution is -2.28. The molecule has 1 aromatic carbocycles. The van der Waals surface area contributed by atoms with E-state index in [9.17, 15) is 13.2 Å².